The van der Waals surface area contributed by atoms with Crippen LogP contribution in [0.25, 0.3) is 11.1 Å². The largest absolute Gasteiger partial charge is 0.426 e. The van der Waals surface area contributed by atoms with Gasteiger partial charge in [0.25, 0.3) is 0 Å². The van der Waals surface area contributed by atoms with Gasteiger partial charge in [-0.25, -0.2) is 4.79 Å². The molecule has 6 nitrogen and oxygen atoms in total. The van der Waals surface area contributed by atoms with Gasteiger partial charge in [0.15, 0.2) is 0 Å². The molecule has 6 heteroatoms. The lowest BCUT2D eigenvalue weighted by atomic mass is 10.0. The van der Waals surface area contributed by atoms with Crippen LogP contribution in [0.4, 0.5) is 0 Å². The van der Waals surface area contributed by atoms with E-state index >= 15 is 0 Å². The van der Waals surface area contributed by atoms with E-state index in [1.807, 2.05) is 12.1 Å². The number of aryl methyl sites for hydroxylation is 1. The second-order valence-corrected chi connectivity index (χ2v) is 8.21. The van der Waals surface area contributed by atoms with Gasteiger partial charge in [-0.05, 0) is 48.6 Å². The Bertz CT molecular complexity index is 932. The minimum atomic E-state index is -0.769. The molecule has 1 unspecified atom stereocenters. The molecule has 33 heavy (non-hydrogen) atoms. The molecule has 0 bridgehead atoms. The monoisotopic (exact) mass is 454 g/mol. The summed E-state index contributed by atoms with van der Waals surface area (Å²) in [7, 11) is 0. The summed E-state index contributed by atoms with van der Waals surface area (Å²) in [5.41, 5.74) is 2.73. The van der Waals surface area contributed by atoms with Crippen LogP contribution >= 0.6 is 0 Å². The number of rotatable bonds is 13. The van der Waals surface area contributed by atoms with Crippen molar-refractivity contribution in [2.24, 2.45) is 5.92 Å². The van der Waals surface area contributed by atoms with E-state index in [1.54, 1.807) is 19.1 Å². The first-order chi connectivity index (χ1) is 15.9. The Kier molecular flexibility index (Phi) is 10.8. The molecule has 178 valence electrons. The van der Waals surface area contributed by atoms with Gasteiger partial charge in [-0.3, -0.25) is 4.79 Å². The van der Waals surface area contributed by atoms with Gasteiger partial charge in [0, 0.05) is 6.07 Å². The zero-order chi connectivity index (χ0) is 24.2. The predicted molar refractivity (Wildman–Crippen MR) is 128 cm³/mol. The molecule has 0 aliphatic carbocycles. The molecule has 0 saturated heterocycles. The third-order valence-corrected chi connectivity index (χ3v) is 5.32. The highest BCUT2D eigenvalue weighted by Gasteiger charge is 2.17. The number of esters is 2. The summed E-state index contributed by atoms with van der Waals surface area (Å²) in [4.78, 5) is 24.2. The lowest BCUT2D eigenvalue weighted by Gasteiger charge is -2.13. The SMILES string of the molecule is C=C(CO)C(=O)Oc1cc(OC(=O)C(C)CO)cc(-c2ccc(CCCCCCC)cc2)c1. The number of carbonyl (C=O) groups excluding carboxylic acids is 2. The van der Waals surface area contributed by atoms with Crippen LogP contribution in [0, 0.1) is 5.92 Å². The molecule has 0 aliphatic rings. The first-order valence-corrected chi connectivity index (χ1v) is 11.5. The van der Waals surface area contributed by atoms with Crippen LogP contribution in [0.2, 0.25) is 0 Å². The molecule has 0 heterocycles. The first kappa shape index (κ1) is 26.3. The van der Waals surface area contributed by atoms with Crippen molar-refractivity contribution in [3.63, 3.8) is 0 Å². The van der Waals surface area contributed by atoms with Gasteiger partial charge in [-0.1, -0.05) is 63.5 Å². The summed E-state index contributed by atoms with van der Waals surface area (Å²) in [6, 6.07) is 12.9. The molecule has 1 atom stereocenters. The number of aliphatic hydroxyl groups excluding tert-OH is 2. The second kappa shape index (κ2) is 13.6. The van der Waals surface area contributed by atoms with E-state index in [0.29, 0.717) is 5.56 Å². The average molecular weight is 455 g/mol. The molecule has 0 amide bonds. The molecule has 0 spiro atoms. The van der Waals surface area contributed by atoms with Crippen molar-refractivity contribution < 1.29 is 29.3 Å². The Morgan fingerprint density at radius 2 is 1.55 bits per heavy atom. The standard InChI is InChI=1S/C27H34O6/c1-4-5-6-7-8-9-21-10-12-22(13-11-21)23-14-24(32-26(30)19(2)17-28)16-25(15-23)33-27(31)20(3)18-29/h10-16,20,28-29H,2,4-9,17-18H2,1,3H3. The normalized spacial score (nSPS) is 11.6. The van der Waals surface area contributed by atoms with Crippen molar-refractivity contribution in [1.82, 2.24) is 0 Å². The lowest BCUT2D eigenvalue weighted by Crippen LogP contribution is -2.20. The lowest BCUT2D eigenvalue weighted by molar-refractivity contribution is -0.139. The summed E-state index contributed by atoms with van der Waals surface area (Å²) < 4.78 is 10.7. The van der Waals surface area contributed by atoms with Gasteiger partial charge in [-0.15, -0.1) is 0 Å². The van der Waals surface area contributed by atoms with Gasteiger partial charge >= 0.3 is 11.9 Å². The van der Waals surface area contributed by atoms with Gasteiger partial charge < -0.3 is 19.7 Å². The maximum atomic E-state index is 12.2. The van der Waals surface area contributed by atoms with E-state index < -0.39 is 24.5 Å². The Balaban J connectivity index is 2.23. The van der Waals surface area contributed by atoms with E-state index in [2.05, 4.69) is 25.6 Å². The quantitative estimate of drug-likeness (QED) is 0.194. The maximum Gasteiger partial charge on any atom is 0.341 e. The van der Waals surface area contributed by atoms with Crippen molar-refractivity contribution in [2.75, 3.05) is 13.2 Å². The van der Waals surface area contributed by atoms with Gasteiger partial charge in [0.2, 0.25) is 0 Å². The van der Waals surface area contributed by atoms with Gasteiger partial charge in [-0.2, -0.15) is 0 Å². The summed E-state index contributed by atoms with van der Waals surface area (Å²) in [5.74, 6) is -1.70. The third-order valence-electron chi connectivity index (χ3n) is 5.32. The number of hydrogen-bond acceptors (Lipinski definition) is 6. The maximum absolute atomic E-state index is 12.2. The average Bonchev–Trinajstić information content (AvgIpc) is 2.82. The van der Waals surface area contributed by atoms with Crippen LogP contribution in [0.15, 0.2) is 54.6 Å². The zero-order valence-corrected chi connectivity index (χ0v) is 19.5. The molecule has 2 aromatic rings. The predicted octanol–water partition coefficient (Wildman–Crippen LogP) is 4.85. The van der Waals surface area contributed by atoms with E-state index in [1.165, 1.54) is 37.3 Å². The van der Waals surface area contributed by atoms with Crippen LogP contribution < -0.4 is 9.47 Å². The highest BCUT2D eigenvalue weighted by Crippen LogP contribution is 2.31. The van der Waals surface area contributed by atoms with E-state index in [9.17, 15) is 14.7 Å². The van der Waals surface area contributed by atoms with Crippen LogP contribution in [-0.4, -0.2) is 35.4 Å². The van der Waals surface area contributed by atoms with Gasteiger partial charge in [0.1, 0.15) is 11.5 Å². The Morgan fingerprint density at radius 1 is 0.909 bits per heavy atom. The molecule has 0 fully saturated rings. The molecule has 2 aromatic carbocycles. The molecule has 0 radical (unpaired) electrons. The number of unbranched alkanes of at least 4 members (excludes halogenated alkanes) is 4. The van der Waals surface area contributed by atoms with Crippen LogP contribution in [0.5, 0.6) is 11.5 Å². The summed E-state index contributed by atoms with van der Waals surface area (Å²) in [6.45, 7) is 6.37. The van der Waals surface area contributed by atoms with E-state index in [4.69, 9.17) is 14.6 Å². The summed E-state index contributed by atoms with van der Waals surface area (Å²) in [5, 5.41) is 18.3. The van der Waals surface area contributed by atoms with Crippen molar-refractivity contribution >= 4 is 11.9 Å². The van der Waals surface area contributed by atoms with Crippen molar-refractivity contribution in [1.29, 1.82) is 0 Å². The molecule has 2 rings (SSSR count). The summed E-state index contributed by atoms with van der Waals surface area (Å²) >= 11 is 0. The molecule has 2 N–H and O–H groups in total. The number of carbonyl (C=O) groups is 2. The zero-order valence-electron chi connectivity index (χ0n) is 19.5. The van der Waals surface area contributed by atoms with Gasteiger partial charge in [0.05, 0.1) is 24.7 Å². The second-order valence-electron chi connectivity index (χ2n) is 8.21. The van der Waals surface area contributed by atoms with E-state index in [-0.39, 0.29) is 23.7 Å². The van der Waals surface area contributed by atoms with Crippen molar-refractivity contribution in [3.8, 4) is 22.6 Å². The van der Waals surface area contributed by atoms with Crippen LogP contribution in [-0.2, 0) is 16.0 Å². The fourth-order valence-electron chi connectivity index (χ4n) is 3.19. The van der Waals surface area contributed by atoms with E-state index in [0.717, 1.165) is 18.4 Å². The molecule has 0 aromatic heterocycles. The highest BCUT2D eigenvalue weighted by molar-refractivity contribution is 5.90. The number of benzene rings is 2. The third kappa shape index (κ3) is 8.48. The minimum Gasteiger partial charge on any atom is -0.426 e. The highest BCUT2D eigenvalue weighted by atomic mass is 16.5. The summed E-state index contributed by atoms with van der Waals surface area (Å²) in [6.07, 6.45) is 7.17. The molecular weight excluding hydrogens is 420 g/mol. The first-order valence-electron chi connectivity index (χ1n) is 11.5. The minimum absolute atomic E-state index is 0.0869. The Labute approximate surface area is 195 Å². The topological polar surface area (TPSA) is 93.1 Å². The van der Waals surface area contributed by atoms with Crippen LogP contribution in [0.3, 0.4) is 0 Å². The molecule has 0 saturated carbocycles. The fourth-order valence-corrected chi connectivity index (χ4v) is 3.19. The van der Waals surface area contributed by atoms with Crippen molar-refractivity contribution in [2.45, 2.75) is 52.4 Å². The fraction of sp³-hybridized carbons (Fsp3) is 0.407. The number of hydrogen-bond donors (Lipinski definition) is 2. The molecule has 0 aliphatic heterocycles. The van der Waals surface area contributed by atoms with Crippen LogP contribution in [0.1, 0.15) is 51.5 Å². The number of aliphatic hydroxyl groups is 2. The Morgan fingerprint density at radius 3 is 2.15 bits per heavy atom. The van der Waals surface area contributed by atoms with Crippen molar-refractivity contribution in [3.05, 3.63) is 60.2 Å². The Hall–Kier alpha value is -2.96. The molecular formula is C27H34O6. The smallest absolute Gasteiger partial charge is 0.341 e. The number of ether oxygens (including phenoxy) is 2.